The highest BCUT2D eigenvalue weighted by Gasteiger charge is 2.17. The largest absolute Gasteiger partial charge is 0.360 e. The van der Waals surface area contributed by atoms with Gasteiger partial charge in [-0.05, 0) is 38.0 Å². The molecular weight excluding hydrogens is 213 g/mol. The molecule has 0 aliphatic carbocycles. The number of benzene rings is 1. The predicted octanol–water partition coefficient (Wildman–Crippen LogP) is 3.24. The summed E-state index contributed by atoms with van der Waals surface area (Å²) in [5.41, 5.74) is 5.34. The Balaban J connectivity index is 2.68. The number of halogens is 1. The van der Waals surface area contributed by atoms with Crippen LogP contribution in [0.3, 0.4) is 0 Å². The molecule has 0 aliphatic rings. The Bertz CT molecular complexity index is 573. The molecule has 1 heterocycles. The Morgan fingerprint density at radius 3 is 2.29 bits per heavy atom. The summed E-state index contributed by atoms with van der Waals surface area (Å²) in [6, 6.07) is 9.80. The molecule has 2 rings (SSSR count). The van der Waals surface area contributed by atoms with Crippen LogP contribution in [0.1, 0.15) is 16.7 Å². The van der Waals surface area contributed by atoms with Crippen LogP contribution in [-0.2, 0) is 7.05 Å². The summed E-state index contributed by atoms with van der Waals surface area (Å²) >= 11 is 0. The second-order valence-corrected chi connectivity index (χ2v) is 4.62. The lowest BCUT2D eigenvalue weighted by molar-refractivity contribution is -0.689. The van der Waals surface area contributed by atoms with Crippen LogP contribution in [0.5, 0.6) is 0 Å². The van der Waals surface area contributed by atoms with Crippen LogP contribution in [0.25, 0.3) is 11.3 Å². The first-order valence-electron chi connectivity index (χ1n) is 5.73. The number of hydrogen-bond acceptors (Lipinski definition) is 0. The van der Waals surface area contributed by atoms with E-state index in [2.05, 4.69) is 32.0 Å². The molecule has 2 aromatic rings. The predicted molar refractivity (Wildman–Crippen MR) is 67.2 cm³/mol. The van der Waals surface area contributed by atoms with Gasteiger partial charge >= 0.3 is 5.95 Å². The third-order valence-corrected chi connectivity index (χ3v) is 3.05. The Labute approximate surface area is 102 Å². The normalized spacial score (nSPS) is 10.6. The van der Waals surface area contributed by atoms with Crippen molar-refractivity contribution in [2.45, 2.75) is 20.8 Å². The minimum atomic E-state index is -0.208. The Morgan fingerprint density at radius 2 is 1.65 bits per heavy atom. The molecule has 1 aromatic carbocycles. The third-order valence-electron chi connectivity index (χ3n) is 3.05. The van der Waals surface area contributed by atoms with Crippen molar-refractivity contribution in [1.29, 1.82) is 0 Å². The van der Waals surface area contributed by atoms with Gasteiger partial charge in [0.25, 0.3) is 0 Å². The quantitative estimate of drug-likeness (QED) is 0.523. The van der Waals surface area contributed by atoms with E-state index in [4.69, 9.17) is 0 Å². The molecule has 1 aromatic heterocycles. The summed E-state index contributed by atoms with van der Waals surface area (Å²) in [6.07, 6.45) is 0. The molecule has 0 atom stereocenters. The van der Waals surface area contributed by atoms with E-state index in [0.29, 0.717) is 0 Å². The SMILES string of the molecule is Cc1ccc(-c2cc(C)cc(F)[n+]2C)c(C)c1. The molecule has 0 saturated heterocycles. The van der Waals surface area contributed by atoms with Gasteiger partial charge in [-0.15, -0.1) is 4.39 Å². The average molecular weight is 230 g/mol. The summed E-state index contributed by atoms with van der Waals surface area (Å²) in [4.78, 5) is 0. The molecule has 0 unspecified atom stereocenters. The highest BCUT2D eigenvalue weighted by Crippen LogP contribution is 2.22. The van der Waals surface area contributed by atoms with E-state index >= 15 is 0 Å². The summed E-state index contributed by atoms with van der Waals surface area (Å²) in [7, 11) is 1.75. The van der Waals surface area contributed by atoms with E-state index in [1.165, 1.54) is 11.1 Å². The fraction of sp³-hybridized carbons (Fsp3) is 0.267. The molecule has 2 heteroatoms. The van der Waals surface area contributed by atoms with Gasteiger partial charge in [-0.1, -0.05) is 17.7 Å². The van der Waals surface area contributed by atoms with Crippen molar-refractivity contribution >= 4 is 0 Å². The highest BCUT2D eigenvalue weighted by atomic mass is 19.1. The van der Waals surface area contributed by atoms with Crippen LogP contribution >= 0.6 is 0 Å². The van der Waals surface area contributed by atoms with E-state index < -0.39 is 0 Å². The smallest absolute Gasteiger partial charge is 0.169 e. The second kappa shape index (κ2) is 4.28. The number of nitrogens with zero attached hydrogens (tertiary/aromatic N) is 1. The van der Waals surface area contributed by atoms with E-state index in [0.717, 1.165) is 16.8 Å². The fourth-order valence-electron chi connectivity index (χ4n) is 2.11. The Kier molecular flexibility index (Phi) is 2.97. The molecule has 0 spiro atoms. The standard InChI is InChI=1S/C15H17FN/c1-10-5-6-13(12(3)7-10)14-8-11(2)9-15(16)17(14)4/h5-9H,1-4H3/q+1. The maximum absolute atomic E-state index is 13.7. The zero-order valence-electron chi connectivity index (χ0n) is 10.7. The first kappa shape index (κ1) is 11.8. The van der Waals surface area contributed by atoms with Gasteiger partial charge in [0.2, 0.25) is 5.69 Å². The topological polar surface area (TPSA) is 3.88 Å². The van der Waals surface area contributed by atoms with Crippen molar-refractivity contribution in [3.63, 3.8) is 0 Å². The van der Waals surface area contributed by atoms with Gasteiger partial charge < -0.3 is 0 Å². The maximum Gasteiger partial charge on any atom is 0.360 e. The number of pyridine rings is 1. The van der Waals surface area contributed by atoms with Crippen molar-refractivity contribution in [2.75, 3.05) is 0 Å². The van der Waals surface area contributed by atoms with Gasteiger partial charge in [-0.3, -0.25) is 0 Å². The minimum absolute atomic E-state index is 0.208. The molecule has 0 N–H and O–H groups in total. The molecule has 17 heavy (non-hydrogen) atoms. The molecule has 88 valence electrons. The lowest BCUT2D eigenvalue weighted by atomic mass is 10.0. The van der Waals surface area contributed by atoms with Crippen LogP contribution < -0.4 is 4.57 Å². The molecule has 0 amide bonds. The molecule has 0 fully saturated rings. The van der Waals surface area contributed by atoms with Crippen molar-refractivity contribution < 1.29 is 8.96 Å². The molecule has 0 radical (unpaired) electrons. The van der Waals surface area contributed by atoms with E-state index in [1.807, 2.05) is 13.0 Å². The van der Waals surface area contributed by atoms with Gasteiger partial charge in [0.05, 0.1) is 0 Å². The molecule has 0 aliphatic heterocycles. The van der Waals surface area contributed by atoms with E-state index in [9.17, 15) is 4.39 Å². The van der Waals surface area contributed by atoms with Crippen molar-refractivity contribution in [3.05, 3.63) is 53.0 Å². The lowest BCUT2D eigenvalue weighted by Crippen LogP contribution is -2.36. The average Bonchev–Trinajstić information content (AvgIpc) is 2.24. The zero-order valence-corrected chi connectivity index (χ0v) is 10.7. The van der Waals surface area contributed by atoms with E-state index in [1.54, 1.807) is 17.7 Å². The summed E-state index contributed by atoms with van der Waals surface area (Å²) in [6.45, 7) is 6.03. The van der Waals surface area contributed by atoms with Crippen molar-refractivity contribution in [3.8, 4) is 11.3 Å². The minimum Gasteiger partial charge on any atom is -0.169 e. The first-order valence-corrected chi connectivity index (χ1v) is 5.73. The number of aryl methyl sites for hydroxylation is 3. The zero-order chi connectivity index (χ0) is 12.6. The summed E-state index contributed by atoms with van der Waals surface area (Å²) in [5.74, 6) is -0.208. The van der Waals surface area contributed by atoms with Gasteiger partial charge in [-0.2, -0.15) is 4.57 Å². The molecule has 0 bridgehead atoms. The second-order valence-electron chi connectivity index (χ2n) is 4.62. The van der Waals surface area contributed by atoms with Crippen LogP contribution in [0.4, 0.5) is 4.39 Å². The van der Waals surface area contributed by atoms with Gasteiger partial charge in [0.15, 0.2) is 0 Å². The molecule has 1 nitrogen and oxygen atoms in total. The maximum atomic E-state index is 13.7. The number of aromatic nitrogens is 1. The Morgan fingerprint density at radius 1 is 0.941 bits per heavy atom. The van der Waals surface area contributed by atoms with Crippen molar-refractivity contribution in [1.82, 2.24) is 0 Å². The first-order chi connectivity index (χ1) is 7.99. The number of rotatable bonds is 1. The van der Waals surface area contributed by atoms with Gasteiger partial charge in [-0.25, -0.2) is 0 Å². The summed E-state index contributed by atoms with van der Waals surface area (Å²) < 4.78 is 15.3. The summed E-state index contributed by atoms with van der Waals surface area (Å²) in [5, 5.41) is 0. The van der Waals surface area contributed by atoms with Gasteiger partial charge in [0, 0.05) is 17.7 Å². The van der Waals surface area contributed by atoms with Crippen LogP contribution in [0.15, 0.2) is 30.3 Å². The monoisotopic (exact) mass is 230 g/mol. The molecule has 0 saturated carbocycles. The van der Waals surface area contributed by atoms with E-state index in [-0.39, 0.29) is 5.95 Å². The highest BCUT2D eigenvalue weighted by molar-refractivity contribution is 5.62. The van der Waals surface area contributed by atoms with Crippen LogP contribution in [-0.4, -0.2) is 0 Å². The third kappa shape index (κ3) is 2.21. The fourth-order valence-corrected chi connectivity index (χ4v) is 2.11. The Hall–Kier alpha value is -1.70. The van der Waals surface area contributed by atoms with Crippen molar-refractivity contribution in [2.24, 2.45) is 7.05 Å². The number of hydrogen-bond donors (Lipinski definition) is 0. The molecular formula is C15H17FN+. The van der Waals surface area contributed by atoms with Crippen LogP contribution in [0.2, 0.25) is 0 Å². The van der Waals surface area contributed by atoms with Gasteiger partial charge in [0.1, 0.15) is 7.05 Å². The lowest BCUT2D eigenvalue weighted by Gasteiger charge is -2.06. The van der Waals surface area contributed by atoms with Crippen LogP contribution in [0, 0.1) is 26.7 Å².